The first-order chi connectivity index (χ1) is 8.58. The quantitative estimate of drug-likeness (QED) is 0.793. The minimum absolute atomic E-state index is 0.120. The van der Waals surface area contributed by atoms with Crippen molar-refractivity contribution in [2.45, 2.75) is 32.7 Å². The molecule has 1 N–H and O–H groups in total. The smallest absolute Gasteiger partial charge is 0.317 e. The highest BCUT2D eigenvalue weighted by Crippen LogP contribution is 2.30. The molecule has 5 heteroatoms. The molecule has 0 saturated heterocycles. The van der Waals surface area contributed by atoms with Gasteiger partial charge in [0.25, 0.3) is 0 Å². The van der Waals surface area contributed by atoms with Gasteiger partial charge >= 0.3 is 5.97 Å². The number of aryl methyl sites for hydroxylation is 2. The fourth-order valence-corrected chi connectivity index (χ4v) is 2.30. The monoisotopic (exact) mass is 251 g/mol. The zero-order valence-electron chi connectivity index (χ0n) is 11.1. The SMILES string of the molecule is CCc1nn(C)cc1CN(CC(=O)O)CC1CC1. The number of hydrogen-bond acceptors (Lipinski definition) is 3. The van der Waals surface area contributed by atoms with Crippen molar-refractivity contribution in [3.63, 3.8) is 0 Å². The molecule has 1 saturated carbocycles. The lowest BCUT2D eigenvalue weighted by Crippen LogP contribution is -2.31. The minimum Gasteiger partial charge on any atom is -0.480 e. The lowest BCUT2D eigenvalue weighted by molar-refractivity contribution is -0.138. The summed E-state index contributed by atoms with van der Waals surface area (Å²) in [5.74, 6) is -0.0521. The molecule has 100 valence electrons. The Morgan fingerprint density at radius 3 is 2.89 bits per heavy atom. The highest BCUT2D eigenvalue weighted by molar-refractivity contribution is 5.69. The maximum Gasteiger partial charge on any atom is 0.317 e. The Balaban J connectivity index is 2.03. The molecule has 5 nitrogen and oxygen atoms in total. The molecule has 0 atom stereocenters. The number of aromatic nitrogens is 2. The van der Waals surface area contributed by atoms with Crippen molar-refractivity contribution >= 4 is 5.97 Å². The van der Waals surface area contributed by atoms with Crippen LogP contribution in [-0.2, 0) is 24.8 Å². The van der Waals surface area contributed by atoms with Crippen LogP contribution in [0.3, 0.4) is 0 Å². The maximum absolute atomic E-state index is 10.9. The molecular formula is C13H21N3O2. The van der Waals surface area contributed by atoms with Crippen LogP contribution in [0.4, 0.5) is 0 Å². The van der Waals surface area contributed by atoms with Crippen LogP contribution in [0.1, 0.15) is 31.0 Å². The fourth-order valence-electron chi connectivity index (χ4n) is 2.30. The molecule has 0 spiro atoms. The molecule has 0 aliphatic heterocycles. The number of rotatable bonds is 7. The molecule has 1 aliphatic carbocycles. The summed E-state index contributed by atoms with van der Waals surface area (Å²) in [5.41, 5.74) is 2.23. The molecule has 1 aromatic rings. The second-order valence-corrected chi connectivity index (χ2v) is 5.13. The van der Waals surface area contributed by atoms with Crippen LogP contribution in [0.15, 0.2) is 6.20 Å². The van der Waals surface area contributed by atoms with Crippen molar-refractivity contribution in [3.05, 3.63) is 17.5 Å². The number of nitrogens with zero attached hydrogens (tertiary/aromatic N) is 3. The van der Waals surface area contributed by atoms with Gasteiger partial charge in [-0.2, -0.15) is 5.10 Å². The van der Waals surface area contributed by atoms with Gasteiger partial charge in [-0.3, -0.25) is 14.4 Å². The molecule has 2 rings (SSSR count). The Bertz CT molecular complexity index is 424. The molecule has 18 heavy (non-hydrogen) atoms. The Hall–Kier alpha value is -1.36. The van der Waals surface area contributed by atoms with E-state index in [4.69, 9.17) is 5.11 Å². The minimum atomic E-state index is -0.752. The van der Waals surface area contributed by atoms with Crippen LogP contribution in [0.2, 0.25) is 0 Å². The van der Waals surface area contributed by atoms with Crippen LogP contribution < -0.4 is 0 Å². The Kier molecular flexibility index (Phi) is 4.01. The second-order valence-electron chi connectivity index (χ2n) is 5.13. The van der Waals surface area contributed by atoms with Gasteiger partial charge in [0, 0.05) is 31.9 Å². The van der Waals surface area contributed by atoms with Crippen molar-refractivity contribution < 1.29 is 9.90 Å². The number of aliphatic carboxylic acids is 1. The van der Waals surface area contributed by atoms with E-state index in [0.29, 0.717) is 12.5 Å². The lowest BCUT2D eigenvalue weighted by Gasteiger charge is -2.19. The van der Waals surface area contributed by atoms with Gasteiger partial charge in [-0.1, -0.05) is 6.92 Å². The summed E-state index contributed by atoms with van der Waals surface area (Å²) in [6.45, 7) is 3.78. The van der Waals surface area contributed by atoms with Crippen LogP contribution in [0, 0.1) is 5.92 Å². The van der Waals surface area contributed by atoms with E-state index < -0.39 is 5.97 Å². The van der Waals surface area contributed by atoms with E-state index in [0.717, 1.165) is 24.2 Å². The van der Waals surface area contributed by atoms with Crippen molar-refractivity contribution in [2.24, 2.45) is 13.0 Å². The lowest BCUT2D eigenvalue weighted by atomic mass is 10.2. The van der Waals surface area contributed by atoms with E-state index in [9.17, 15) is 4.79 Å². The summed E-state index contributed by atoms with van der Waals surface area (Å²) >= 11 is 0. The van der Waals surface area contributed by atoms with Gasteiger partial charge in [-0.15, -0.1) is 0 Å². The third-order valence-electron chi connectivity index (χ3n) is 3.29. The largest absolute Gasteiger partial charge is 0.480 e. The fraction of sp³-hybridized carbons (Fsp3) is 0.692. The summed E-state index contributed by atoms with van der Waals surface area (Å²) in [6.07, 6.45) is 5.37. The van der Waals surface area contributed by atoms with E-state index in [1.807, 2.05) is 22.8 Å². The summed E-state index contributed by atoms with van der Waals surface area (Å²) < 4.78 is 1.81. The van der Waals surface area contributed by atoms with Crippen LogP contribution in [-0.4, -0.2) is 38.8 Å². The van der Waals surface area contributed by atoms with Gasteiger partial charge in [0.05, 0.1) is 12.2 Å². The first-order valence-corrected chi connectivity index (χ1v) is 6.54. The molecule has 1 heterocycles. The predicted molar refractivity (Wildman–Crippen MR) is 68.2 cm³/mol. The normalized spacial score (nSPS) is 15.3. The van der Waals surface area contributed by atoms with Crippen LogP contribution in [0.5, 0.6) is 0 Å². The van der Waals surface area contributed by atoms with Gasteiger partial charge < -0.3 is 5.11 Å². The Morgan fingerprint density at radius 1 is 1.61 bits per heavy atom. The highest BCUT2D eigenvalue weighted by Gasteiger charge is 2.25. The van der Waals surface area contributed by atoms with Gasteiger partial charge in [0.2, 0.25) is 0 Å². The average Bonchev–Trinajstić information content (AvgIpc) is 3.01. The zero-order valence-corrected chi connectivity index (χ0v) is 11.1. The molecule has 1 aliphatic rings. The van der Waals surface area contributed by atoms with Crippen LogP contribution in [0.25, 0.3) is 0 Å². The molecular weight excluding hydrogens is 230 g/mol. The van der Waals surface area contributed by atoms with E-state index in [1.54, 1.807) is 0 Å². The van der Waals surface area contributed by atoms with E-state index in [1.165, 1.54) is 12.8 Å². The number of hydrogen-bond donors (Lipinski definition) is 1. The summed E-state index contributed by atoms with van der Waals surface area (Å²) in [6, 6.07) is 0. The third-order valence-corrected chi connectivity index (χ3v) is 3.29. The van der Waals surface area contributed by atoms with Gasteiger partial charge in [0.1, 0.15) is 0 Å². The first kappa shape index (κ1) is 13.1. The predicted octanol–water partition coefficient (Wildman–Crippen LogP) is 1.28. The van der Waals surface area contributed by atoms with Crippen molar-refractivity contribution in [1.29, 1.82) is 0 Å². The van der Waals surface area contributed by atoms with Gasteiger partial charge in [-0.05, 0) is 25.2 Å². The zero-order chi connectivity index (χ0) is 13.1. The van der Waals surface area contributed by atoms with Gasteiger partial charge in [0.15, 0.2) is 0 Å². The van der Waals surface area contributed by atoms with E-state index in [-0.39, 0.29) is 6.54 Å². The topological polar surface area (TPSA) is 58.4 Å². The highest BCUT2D eigenvalue weighted by atomic mass is 16.4. The first-order valence-electron chi connectivity index (χ1n) is 6.54. The third kappa shape index (κ3) is 3.57. The number of carboxylic acid groups (broad SMARTS) is 1. The number of carbonyl (C=O) groups is 1. The summed E-state index contributed by atoms with van der Waals surface area (Å²) in [5, 5.41) is 13.4. The molecule has 0 unspecified atom stereocenters. The van der Waals surface area contributed by atoms with Gasteiger partial charge in [-0.25, -0.2) is 0 Å². The van der Waals surface area contributed by atoms with Crippen molar-refractivity contribution in [2.75, 3.05) is 13.1 Å². The maximum atomic E-state index is 10.9. The van der Waals surface area contributed by atoms with Crippen molar-refractivity contribution in [3.8, 4) is 0 Å². The molecule has 1 fully saturated rings. The Morgan fingerprint density at radius 2 is 2.33 bits per heavy atom. The summed E-state index contributed by atoms with van der Waals surface area (Å²) in [7, 11) is 1.91. The van der Waals surface area contributed by atoms with E-state index >= 15 is 0 Å². The summed E-state index contributed by atoms with van der Waals surface area (Å²) in [4.78, 5) is 12.9. The molecule has 0 amide bonds. The van der Waals surface area contributed by atoms with E-state index in [2.05, 4.69) is 12.0 Å². The molecule has 0 aromatic carbocycles. The average molecular weight is 251 g/mol. The molecule has 0 bridgehead atoms. The Labute approximate surface area is 107 Å². The van der Waals surface area contributed by atoms with Crippen molar-refractivity contribution in [1.82, 2.24) is 14.7 Å². The second kappa shape index (κ2) is 5.52. The molecule has 1 aromatic heterocycles. The number of carboxylic acids is 1. The standard InChI is InChI=1S/C13H21N3O2/c1-3-12-11(7-15(2)14-12)8-16(9-13(17)18)6-10-4-5-10/h7,10H,3-6,8-9H2,1-2H3,(H,17,18). The molecule has 0 radical (unpaired) electrons. The van der Waals surface area contributed by atoms with Crippen LogP contribution >= 0.6 is 0 Å².